The van der Waals surface area contributed by atoms with Crippen molar-refractivity contribution in [3.05, 3.63) is 0 Å². The first kappa shape index (κ1) is 14.4. The summed E-state index contributed by atoms with van der Waals surface area (Å²) in [6, 6.07) is 0.240. The SMILES string of the molecule is CS(=O)(=O)CCCNC(=O)C1CCC(N)CC1. The van der Waals surface area contributed by atoms with Crippen LogP contribution in [0.4, 0.5) is 0 Å². The summed E-state index contributed by atoms with van der Waals surface area (Å²) in [5.41, 5.74) is 5.77. The molecular weight excluding hydrogens is 240 g/mol. The van der Waals surface area contributed by atoms with E-state index in [0.29, 0.717) is 13.0 Å². The number of nitrogens with one attached hydrogen (secondary N) is 1. The van der Waals surface area contributed by atoms with Crippen LogP contribution in [0.15, 0.2) is 0 Å². The molecule has 100 valence electrons. The van der Waals surface area contributed by atoms with Crippen molar-refractivity contribution in [3.8, 4) is 0 Å². The highest BCUT2D eigenvalue weighted by Crippen LogP contribution is 2.22. The fourth-order valence-electron chi connectivity index (χ4n) is 2.07. The molecule has 0 heterocycles. The second-order valence-corrected chi connectivity index (χ2v) is 7.15. The van der Waals surface area contributed by atoms with Gasteiger partial charge in [-0.2, -0.15) is 0 Å². The average Bonchev–Trinajstić information content (AvgIpc) is 2.24. The lowest BCUT2D eigenvalue weighted by molar-refractivity contribution is -0.125. The first-order valence-corrected chi connectivity index (χ1v) is 8.15. The fraction of sp³-hybridized carbons (Fsp3) is 0.909. The minimum atomic E-state index is -2.92. The number of carbonyl (C=O) groups is 1. The first-order valence-electron chi connectivity index (χ1n) is 6.09. The number of nitrogens with two attached hydrogens (primary N) is 1. The molecule has 5 nitrogen and oxygen atoms in total. The quantitative estimate of drug-likeness (QED) is 0.685. The minimum Gasteiger partial charge on any atom is -0.356 e. The molecule has 0 aromatic heterocycles. The van der Waals surface area contributed by atoms with E-state index in [1.807, 2.05) is 0 Å². The van der Waals surface area contributed by atoms with Crippen molar-refractivity contribution in [2.75, 3.05) is 18.6 Å². The summed E-state index contributed by atoms with van der Waals surface area (Å²) < 4.78 is 21.8. The molecule has 1 saturated carbocycles. The summed E-state index contributed by atoms with van der Waals surface area (Å²) in [5.74, 6) is 0.237. The maximum atomic E-state index is 11.7. The van der Waals surface area contributed by atoms with Gasteiger partial charge in [0.2, 0.25) is 5.91 Å². The normalized spacial score (nSPS) is 25.5. The van der Waals surface area contributed by atoms with Gasteiger partial charge in [0.25, 0.3) is 0 Å². The molecule has 1 aliphatic rings. The van der Waals surface area contributed by atoms with Crippen LogP contribution in [-0.2, 0) is 14.6 Å². The molecule has 17 heavy (non-hydrogen) atoms. The Morgan fingerprint density at radius 2 is 1.88 bits per heavy atom. The Hall–Kier alpha value is -0.620. The molecule has 1 rings (SSSR count). The molecule has 0 spiro atoms. The molecule has 1 amide bonds. The lowest BCUT2D eigenvalue weighted by atomic mass is 9.86. The van der Waals surface area contributed by atoms with E-state index in [4.69, 9.17) is 5.73 Å². The Balaban J connectivity index is 2.17. The molecule has 0 aromatic carbocycles. The zero-order valence-electron chi connectivity index (χ0n) is 10.3. The van der Waals surface area contributed by atoms with Crippen molar-refractivity contribution in [1.82, 2.24) is 5.32 Å². The Morgan fingerprint density at radius 3 is 2.41 bits per heavy atom. The molecule has 0 saturated heterocycles. The highest BCUT2D eigenvalue weighted by Gasteiger charge is 2.24. The molecule has 0 aromatic rings. The van der Waals surface area contributed by atoms with E-state index >= 15 is 0 Å². The van der Waals surface area contributed by atoms with Crippen LogP contribution >= 0.6 is 0 Å². The summed E-state index contributed by atoms with van der Waals surface area (Å²) in [6.07, 6.45) is 5.19. The van der Waals surface area contributed by atoms with Gasteiger partial charge >= 0.3 is 0 Å². The summed E-state index contributed by atoms with van der Waals surface area (Å²) in [4.78, 5) is 11.7. The van der Waals surface area contributed by atoms with Gasteiger partial charge in [-0.3, -0.25) is 4.79 Å². The average molecular weight is 262 g/mol. The molecular formula is C11H22N2O3S. The summed E-state index contributed by atoms with van der Waals surface area (Å²) in [6.45, 7) is 0.439. The summed E-state index contributed by atoms with van der Waals surface area (Å²) in [5, 5.41) is 2.80. The molecule has 0 radical (unpaired) electrons. The molecule has 0 bridgehead atoms. The van der Waals surface area contributed by atoms with Crippen molar-refractivity contribution in [1.29, 1.82) is 0 Å². The van der Waals surface area contributed by atoms with Gasteiger partial charge < -0.3 is 11.1 Å². The van der Waals surface area contributed by atoms with Crippen LogP contribution in [0.5, 0.6) is 0 Å². The van der Waals surface area contributed by atoms with Gasteiger partial charge in [0.1, 0.15) is 9.84 Å². The van der Waals surface area contributed by atoms with Crippen molar-refractivity contribution >= 4 is 15.7 Å². The molecule has 6 heteroatoms. The third-order valence-electron chi connectivity index (χ3n) is 3.13. The summed E-state index contributed by atoms with van der Waals surface area (Å²) >= 11 is 0. The number of rotatable bonds is 5. The van der Waals surface area contributed by atoms with Crippen LogP contribution in [0.2, 0.25) is 0 Å². The maximum Gasteiger partial charge on any atom is 0.223 e. The molecule has 1 aliphatic carbocycles. The summed E-state index contributed by atoms with van der Waals surface area (Å²) in [7, 11) is -2.92. The number of carbonyl (C=O) groups excluding carboxylic acids is 1. The van der Waals surface area contributed by atoms with E-state index in [2.05, 4.69) is 5.32 Å². The van der Waals surface area contributed by atoms with Gasteiger partial charge in [-0.1, -0.05) is 0 Å². The smallest absolute Gasteiger partial charge is 0.223 e. The van der Waals surface area contributed by atoms with Crippen LogP contribution in [0.3, 0.4) is 0 Å². The van der Waals surface area contributed by atoms with Crippen LogP contribution in [0, 0.1) is 5.92 Å². The van der Waals surface area contributed by atoms with Crippen LogP contribution in [0.25, 0.3) is 0 Å². The standard InChI is InChI=1S/C11H22N2O3S/c1-17(15,16)8-2-7-13-11(14)9-3-5-10(12)6-4-9/h9-10H,2-8,12H2,1H3,(H,13,14). The molecule has 0 unspecified atom stereocenters. The van der Waals surface area contributed by atoms with Gasteiger partial charge in [-0.25, -0.2) is 8.42 Å². The van der Waals surface area contributed by atoms with Gasteiger partial charge in [0, 0.05) is 24.8 Å². The van der Waals surface area contributed by atoms with E-state index in [0.717, 1.165) is 25.7 Å². The lowest BCUT2D eigenvalue weighted by Gasteiger charge is -2.25. The van der Waals surface area contributed by atoms with Gasteiger partial charge in [0.15, 0.2) is 0 Å². The maximum absolute atomic E-state index is 11.7. The fourth-order valence-corrected chi connectivity index (χ4v) is 2.74. The Labute approximate surface area is 103 Å². The van der Waals surface area contributed by atoms with E-state index in [1.54, 1.807) is 0 Å². The second kappa shape index (κ2) is 6.35. The van der Waals surface area contributed by atoms with Crippen LogP contribution in [-0.4, -0.2) is 38.9 Å². The third kappa shape index (κ3) is 6.02. The van der Waals surface area contributed by atoms with Crippen LogP contribution < -0.4 is 11.1 Å². The highest BCUT2D eigenvalue weighted by atomic mass is 32.2. The minimum absolute atomic E-state index is 0.0467. The second-order valence-electron chi connectivity index (χ2n) is 4.89. The van der Waals surface area contributed by atoms with Gasteiger partial charge in [0.05, 0.1) is 5.75 Å². The van der Waals surface area contributed by atoms with Gasteiger partial charge in [-0.05, 0) is 32.1 Å². The zero-order valence-corrected chi connectivity index (χ0v) is 11.1. The van der Waals surface area contributed by atoms with Crippen molar-refractivity contribution in [2.24, 2.45) is 11.7 Å². The molecule has 3 N–H and O–H groups in total. The van der Waals surface area contributed by atoms with Crippen molar-refractivity contribution < 1.29 is 13.2 Å². The lowest BCUT2D eigenvalue weighted by Crippen LogP contribution is -2.36. The topological polar surface area (TPSA) is 89.3 Å². The largest absolute Gasteiger partial charge is 0.356 e. The molecule has 0 atom stereocenters. The van der Waals surface area contributed by atoms with E-state index in [-0.39, 0.29) is 23.6 Å². The molecule has 0 aliphatic heterocycles. The number of amides is 1. The molecule has 1 fully saturated rings. The zero-order chi connectivity index (χ0) is 12.9. The van der Waals surface area contributed by atoms with Crippen LogP contribution in [0.1, 0.15) is 32.1 Å². The highest BCUT2D eigenvalue weighted by molar-refractivity contribution is 7.90. The predicted octanol–water partition coefficient (Wildman–Crippen LogP) is 0.0548. The predicted molar refractivity (Wildman–Crippen MR) is 67.3 cm³/mol. The van der Waals surface area contributed by atoms with Gasteiger partial charge in [-0.15, -0.1) is 0 Å². The number of sulfone groups is 1. The number of hydrogen-bond acceptors (Lipinski definition) is 4. The van der Waals surface area contributed by atoms with E-state index < -0.39 is 9.84 Å². The Kier molecular flexibility index (Phi) is 5.39. The third-order valence-corrected chi connectivity index (χ3v) is 4.16. The first-order chi connectivity index (χ1) is 7.88. The van der Waals surface area contributed by atoms with Crippen molar-refractivity contribution in [3.63, 3.8) is 0 Å². The monoisotopic (exact) mass is 262 g/mol. The van der Waals surface area contributed by atoms with E-state index in [1.165, 1.54) is 6.26 Å². The van der Waals surface area contributed by atoms with Crippen molar-refractivity contribution in [2.45, 2.75) is 38.1 Å². The van der Waals surface area contributed by atoms with E-state index in [9.17, 15) is 13.2 Å². The number of hydrogen-bond donors (Lipinski definition) is 2. The Morgan fingerprint density at radius 1 is 1.29 bits per heavy atom. The Bertz CT molecular complexity index is 346.